The van der Waals surface area contributed by atoms with E-state index in [1.807, 2.05) is 0 Å². The number of methoxy groups -OCH3 is 1. The highest BCUT2D eigenvalue weighted by atomic mass is 16.5. The molecule has 0 aliphatic carbocycles. The SMILES string of the molecule is COc1ccc(C(C[NH3+])c2ccccc2)c2ccccc12. The van der Waals surface area contributed by atoms with E-state index in [0.717, 1.165) is 17.7 Å². The molecule has 0 spiro atoms. The fraction of sp³-hybridized carbons (Fsp3) is 0.158. The second kappa shape index (κ2) is 5.98. The summed E-state index contributed by atoms with van der Waals surface area (Å²) in [5, 5.41) is 2.40. The van der Waals surface area contributed by atoms with Crippen molar-refractivity contribution in [3.63, 3.8) is 0 Å². The van der Waals surface area contributed by atoms with Gasteiger partial charge in [-0.2, -0.15) is 0 Å². The van der Waals surface area contributed by atoms with Gasteiger partial charge in [-0.3, -0.25) is 0 Å². The van der Waals surface area contributed by atoms with Crippen molar-refractivity contribution in [3.05, 3.63) is 77.9 Å². The average Bonchev–Trinajstić information content (AvgIpc) is 2.56. The van der Waals surface area contributed by atoms with Crippen molar-refractivity contribution >= 4 is 10.8 Å². The molecule has 0 saturated carbocycles. The van der Waals surface area contributed by atoms with Crippen molar-refractivity contribution in [2.45, 2.75) is 5.92 Å². The molecule has 3 rings (SSSR count). The summed E-state index contributed by atoms with van der Waals surface area (Å²) in [6.45, 7) is 0.834. The molecule has 0 heterocycles. The summed E-state index contributed by atoms with van der Waals surface area (Å²) in [6.07, 6.45) is 0. The van der Waals surface area contributed by atoms with Crippen LogP contribution in [-0.4, -0.2) is 13.7 Å². The molecule has 0 aliphatic rings. The third kappa shape index (κ3) is 2.50. The van der Waals surface area contributed by atoms with Crippen LogP contribution in [0.4, 0.5) is 0 Å². The lowest BCUT2D eigenvalue weighted by molar-refractivity contribution is -0.370. The summed E-state index contributed by atoms with van der Waals surface area (Å²) in [7, 11) is 1.72. The number of rotatable bonds is 4. The number of quaternary nitrogens is 1. The molecule has 2 nitrogen and oxygen atoms in total. The van der Waals surface area contributed by atoms with Gasteiger partial charge in [0, 0.05) is 5.39 Å². The fourth-order valence-corrected chi connectivity index (χ4v) is 2.96. The average molecular weight is 278 g/mol. The van der Waals surface area contributed by atoms with Gasteiger partial charge in [0.2, 0.25) is 0 Å². The van der Waals surface area contributed by atoms with E-state index in [0.29, 0.717) is 5.92 Å². The second-order valence-corrected chi connectivity index (χ2v) is 5.15. The first-order valence-electron chi connectivity index (χ1n) is 7.25. The minimum Gasteiger partial charge on any atom is -0.496 e. The molecule has 0 saturated heterocycles. The Bertz CT molecular complexity index is 737. The van der Waals surface area contributed by atoms with E-state index < -0.39 is 0 Å². The molecule has 21 heavy (non-hydrogen) atoms. The molecule has 2 heteroatoms. The first-order chi connectivity index (χ1) is 10.3. The van der Waals surface area contributed by atoms with Crippen LogP contribution in [-0.2, 0) is 0 Å². The third-order valence-electron chi connectivity index (χ3n) is 4.00. The molecule has 0 amide bonds. The number of hydrogen-bond acceptors (Lipinski definition) is 1. The standard InChI is InChI=1S/C19H19NO/c1-21-19-12-11-16(15-9-5-6-10-17(15)19)18(13-20)14-7-3-2-4-8-14/h2-12,18H,13,20H2,1H3/p+1. The van der Waals surface area contributed by atoms with E-state index in [4.69, 9.17) is 4.74 Å². The third-order valence-corrected chi connectivity index (χ3v) is 4.00. The summed E-state index contributed by atoms with van der Waals surface area (Å²) in [5.74, 6) is 1.23. The predicted octanol–water partition coefficient (Wildman–Crippen LogP) is 3.22. The van der Waals surface area contributed by atoms with Crippen LogP contribution in [0.3, 0.4) is 0 Å². The molecule has 0 aromatic heterocycles. The van der Waals surface area contributed by atoms with Gasteiger partial charge in [-0.05, 0) is 22.6 Å². The Morgan fingerprint density at radius 3 is 2.19 bits per heavy atom. The van der Waals surface area contributed by atoms with Gasteiger partial charge in [0.15, 0.2) is 0 Å². The van der Waals surface area contributed by atoms with E-state index in [2.05, 4.69) is 72.5 Å². The van der Waals surface area contributed by atoms with Crippen molar-refractivity contribution in [1.29, 1.82) is 0 Å². The van der Waals surface area contributed by atoms with Gasteiger partial charge in [0.1, 0.15) is 5.75 Å². The summed E-state index contributed by atoms with van der Waals surface area (Å²) in [5.41, 5.74) is 6.78. The number of benzene rings is 3. The van der Waals surface area contributed by atoms with Crippen LogP contribution >= 0.6 is 0 Å². The molecule has 0 bridgehead atoms. The van der Waals surface area contributed by atoms with Crippen LogP contribution in [0.1, 0.15) is 17.0 Å². The maximum Gasteiger partial charge on any atom is 0.126 e. The molecule has 3 aromatic rings. The Kier molecular flexibility index (Phi) is 3.89. The quantitative estimate of drug-likeness (QED) is 0.781. The van der Waals surface area contributed by atoms with Crippen LogP contribution in [0.2, 0.25) is 0 Å². The zero-order valence-corrected chi connectivity index (χ0v) is 12.3. The van der Waals surface area contributed by atoms with Crippen molar-refractivity contribution in [2.24, 2.45) is 0 Å². The van der Waals surface area contributed by atoms with Crippen molar-refractivity contribution in [2.75, 3.05) is 13.7 Å². The van der Waals surface area contributed by atoms with Crippen LogP contribution < -0.4 is 10.5 Å². The zero-order chi connectivity index (χ0) is 14.7. The minimum absolute atomic E-state index is 0.307. The van der Waals surface area contributed by atoms with Gasteiger partial charge in [-0.25, -0.2) is 0 Å². The molecule has 3 aromatic carbocycles. The van der Waals surface area contributed by atoms with Crippen molar-refractivity contribution < 1.29 is 10.5 Å². The monoisotopic (exact) mass is 278 g/mol. The molecule has 0 fully saturated rings. The van der Waals surface area contributed by atoms with Crippen LogP contribution in [0.5, 0.6) is 5.75 Å². The normalized spacial score (nSPS) is 12.3. The highest BCUT2D eigenvalue weighted by Crippen LogP contribution is 2.34. The maximum absolute atomic E-state index is 5.49. The lowest BCUT2D eigenvalue weighted by Crippen LogP contribution is -2.53. The van der Waals surface area contributed by atoms with E-state index in [1.165, 1.54) is 16.5 Å². The summed E-state index contributed by atoms with van der Waals surface area (Å²) in [6, 6.07) is 23.2. The molecule has 106 valence electrons. The molecule has 0 aliphatic heterocycles. The Hall–Kier alpha value is -2.32. The fourth-order valence-electron chi connectivity index (χ4n) is 2.96. The number of hydrogen-bond donors (Lipinski definition) is 1. The zero-order valence-electron chi connectivity index (χ0n) is 12.3. The molecular formula is C19H20NO+. The Labute approximate surface area is 125 Å². The number of ether oxygens (including phenoxy) is 1. The van der Waals surface area contributed by atoms with Crippen LogP contribution in [0.25, 0.3) is 10.8 Å². The van der Waals surface area contributed by atoms with Crippen LogP contribution in [0.15, 0.2) is 66.7 Å². The minimum atomic E-state index is 0.307. The van der Waals surface area contributed by atoms with E-state index in [1.54, 1.807) is 7.11 Å². The molecule has 3 N–H and O–H groups in total. The summed E-state index contributed by atoms with van der Waals surface area (Å²) in [4.78, 5) is 0. The van der Waals surface area contributed by atoms with Gasteiger partial charge in [-0.15, -0.1) is 0 Å². The maximum atomic E-state index is 5.49. The predicted molar refractivity (Wildman–Crippen MR) is 86.5 cm³/mol. The van der Waals surface area contributed by atoms with Crippen LogP contribution in [0, 0.1) is 0 Å². The van der Waals surface area contributed by atoms with E-state index >= 15 is 0 Å². The highest BCUT2D eigenvalue weighted by Gasteiger charge is 2.18. The lowest BCUT2D eigenvalue weighted by atomic mass is 9.88. The van der Waals surface area contributed by atoms with Gasteiger partial charge >= 0.3 is 0 Å². The van der Waals surface area contributed by atoms with Crippen molar-refractivity contribution in [1.82, 2.24) is 0 Å². The highest BCUT2D eigenvalue weighted by molar-refractivity contribution is 5.91. The lowest BCUT2D eigenvalue weighted by Gasteiger charge is -2.18. The first kappa shape index (κ1) is 13.7. The smallest absolute Gasteiger partial charge is 0.126 e. The van der Waals surface area contributed by atoms with Gasteiger partial charge in [0.05, 0.1) is 19.6 Å². The molecule has 1 unspecified atom stereocenters. The number of fused-ring (bicyclic) bond motifs is 1. The molecule has 0 radical (unpaired) electrons. The van der Waals surface area contributed by atoms with E-state index in [-0.39, 0.29) is 0 Å². The topological polar surface area (TPSA) is 36.9 Å². The van der Waals surface area contributed by atoms with Crippen molar-refractivity contribution in [3.8, 4) is 5.75 Å². The largest absolute Gasteiger partial charge is 0.496 e. The van der Waals surface area contributed by atoms with Gasteiger partial charge in [0.25, 0.3) is 0 Å². The Balaban J connectivity index is 2.20. The summed E-state index contributed by atoms with van der Waals surface area (Å²) >= 11 is 0. The Morgan fingerprint density at radius 1 is 0.857 bits per heavy atom. The van der Waals surface area contributed by atoms with Gasteiger partial charge < -0.3 is 10.5 Å². The molecular weight excluding hydrogens is 258 g/mol. The molecule has 1 atom stereocenters. The van der Waals surface area contributed by atoms with Gasteiger partial charge in [-0.1, -0.05) is 60.7 Å². The second-order valence-electron chi connectivity index (χ2n) is 5.15. The summed E-state index contributed by atoms with van der Waals surface area (Å²) < 4.78 is 5.49. The van der Waals surface area contributed by atoms with E-state index in [9.17, 15) is 0 Å². The first-order valence-corrected chi connectivity index (χ1v) is 7.25. The Morgan fingerprint density at radius 2 is 1.52 bits per heavy atom.